The molecule has 0 fully saturated rings. The molecule has 0 aliphatic rings. The lowest BCUT2D eigenvalue weighted by Gasteiger charge is -2.08. The highest BCUT2D eigenvalue weighted by atomic mass is 79.9. The van der Waals surface area contributed by atoms with Crippen molar-refractivity contribution in [1.82, 2.24) is 0 Å². The fourth-order valence-electron chi connectivity index (χ4n) is 1.69. The summed E-state index contributed by atoms with van der Waals surface area (Å²) < 4.78 is 22.3. The van der Waals surface area contributed by atoms with E-state index in [1.165, 1.54) is 25.3 Å². The third-order valence-corrected chi connectivity index (χ3v) is 4.43. The van der Waals surface area contributed by atoms with Gasteiger partial charge in [0.15, 0.2) is 11.0 Å². The first kappa shape index (κ1) is 15.1. The molecule has 0 N–H and O–H groups in total. The number of methoxy groups -OCH3 is 1. The predicted molar refractivity (Wildman–Crippen MR) is 78.5 cm³/mol. The van der Waals surface area contributed by atoms with Crippen LogP contribution in [-0.2, 0) is 15.9 Å². The minimum Gasteiger partial charge on any atom is -0.609 e. The van der Waals surface area contributed by atoms with Gasteiger partial charge < -0.3 is 13.7 Å². The van der Waals surface area contributed by atoms with Crippen LogP contribution in [0.3, 0.4) is 0 Å². The number of hydrogen-bond acceptors (Lipinski definition) is 5. The van der Waals surface area contributed by atoms with Crippen LogP contribution in [0.1, 0.15) is 17.3 Å². The first-order valence-electron chi connectivity index (χ1n) is 5.72. The number of carbonyl (C=O) groups excluding carboxylic acids is 1. The summed E-state index contributed by atoms with van der Waals surface area (Å²) >= 11 is 1.89. The summed E-state index contributed by atoms with van der Waals surface area (Å²) in [5.41, 5.74) is 0.153. The number of esters is 1. The highest BCUT2D eigenvalue weighted by molar-refractivity contribution is 9.10. The molecule has 1 aromatic carbocycles. The molecule has 1 heterocycles. The van der Waals surface area contributed by atoms with Crippen LogP contribution in [0.15, 0.2) is 37.0 Å². The van der Waals surface area contributed by atoms with Crippen LogP contribution in [0.4, 0.5) is 0 Å². The zero-order valence-electron chi connectivity index (χ0n) is 10.8. The highest BCUT2D eigenvalue weighted by Crippen LogP contribution is 2.26. The molecule has 0 radical (unpaired) electrons. The van der Waals surface area contributed by atoms with Gasteiger partial charge in [-0.05, 0) is 35.0 Å². The van der Waals surface area contributed by atoms with E-state index in [4.69, 9.17) is 4.42 Å². The van der Waals surface area contributed by atoms with Gasteiger partial charge in [-0.2, -0.15) is 0 Å². The standard InChI is InChI=1S/C13H11BrO5S/c1-3-20(17)11-6-10(15)8-4-7(13(16)18-2)5-9(14)12(8)19-11/h4-6H,3H2,1-2H3. The van der Waals surface area contributed by atoms with Gasteiger partial charge in [0.05, 0.1) is 28.6 Å². The van der Waals surface area contributed by atoms with Gasteiger partial charge in [-0.1, -0.05) is 0 Å². The first-order valence-corrected chi connectivity index (χ1v) is 7.83. The molecular formula is C13H11BrO5S. The molecule has 2 aromatic rings. The number of hydrogen-bond donors (Lipinski definition) is 0. The smallest absolute Gasteiger partial charge is 0.337 e. The van der Waals surface area contributed by atoms with Gasteiger partial charge in [-0.3, -0.25) is 4.79 Å². The Balaban J connectivity index is 2.71. The topological polar surface area (TPSA) is 79.6 Å². The molecule has 0 aliphatic carbocycles. The van der Waals surface area contributed by atoms with E-state index in [-0.39, 0.29) is 27.1 Å². The van der Waals surface area contributed by atoms with Gasteiger partial charge in [0.25, 0.3) is 0 Å². The number of carbonyl (C=O) groups is 1. The number of fused-ring (bicyclic) bond motifs is 1. The lowest BCUT2D eigenvalue weighted by atomic mass is 10.1. The molecule has 0 aliphatic heterocycles. The van der Waals surface area contributed by atoms with Crippen LogP contribution >= 0.6 is 15.9 Å². The number of rotatable bonds is 3. The van der Waals surface area contributed by atoms with Crippen LogP contribution in [0.25, 0.3) is 11.0 Å². The molecule has 5 nitrogen and oxygen atoms in total. The Kier molecular flexibility index (Phi) is 4.52. The van der Waals surface area contributed by atoms with E-state index in [0.29, 0.717) is 10.2 Å². The zero-order valence-corrected chi connectivity index (χ0v) is 13.2. The maximum atomic E-state index is 12.1. The molecule has 0 saturated heterocycles. The third-order valence-electron chi connectivity index (χ3n) is 2.67. The quantitative estimate of drug-likeness (QED) is 0.621. The Morgan fingerprint density at radius 1 is 1.45 bits per heavy atom. The van der Waals surface area contributed by atoms with E-state index >= 15 is 0 Å². The van der Waals surface area contributed by atoms with Gasteiger partial charge in [0, 0.05) is 11.2 Å². The predicted octanol–water partition coefficient (Wildman–Crippen LogP) is 2.47. The lowest BCUT2D eigenvalue weighted by Crippen LogP contribution is -2.10. The molecule has 0 saturated carbocycles. The highest BCUT2D eigenvalue weighted by Gasteiger charge is 2.18. The summed E-state index contributed by atoms with van der Waals surface area (Å²) in [5, 5.41) is 0.355. The second-order valence-electron chi connectivity index (χ2n) is 3.89. The van der Waals surface area contributed by atoms with Crippen molar-refractivity contribution in [3.05, 3.63) is 38.5 Å². The Morgan fingerprint density at radius 2 is 2.15 bits per heavy atom. The maximum Gasteiger partial charge on any atom is 0.337 e. The summed E-state index contributed by atoms with van der Waals surface area (Å²) in [6.07, 6.45) is 0. The van der Waals surface area contributed by atoms with E-state index in [0.717, 1.165) is 0 Å². The fraction of sp³-hybridized carbons (Fsp3) is 0.231. The second kappa shape index (κ2) is 5.99. The average molecular weight is 359 g/mol. The molecule has 2 rings (SSSR count). The van der Waals surface area contributed by atoms with Crippen molar-refractivity contribution in [3.63, 3.8) is 0 Å². The van der Waals surface area contributed by atoms with E-state index in [1.54, 1.807) is 6.92 Å². The SMILES string of the molecule is CC[S+]([O-])c1cc(=O)c2cc(C(=O)OC)cc(Br)c2o1. The minimum atomic E-state index is -1.36. The number of benzene rings is 1. The molecule has 1 aromatic heterocycles. The van der Waals surface area contributed by atoms with Gasteiger partial charge >= 0.3 is 11.1 Å². The molecule has 0 amide bonds. The molecule has 106 valence electrons. The summed E-state index contributed by atoms with van der Waals surface area (Å²) in [7, 11) is 1.26. The van der Waals surface area contributed by atoms with Crippen molar-refractivity contribution in [2.24, 2.45) is 0 Å². The van der Waals surface area contributed by atoms with Crippen LogP contribution in [0.2, 0.25) is 0 Å². The van der Waals surface area contributed by atoms with E-state index < -0.39 is 17.1 Å². The van der Waals surface area contributed by atoms with Gasteiger partial charge in [0.1, 0.15) is 5.75 Å². The zero-order chi connectivity index (χ0) is 14.9. The second-order valence-corrected chi connectivity index (χ2v) is 6.42. The maximum absolute atomic E-state index is 12.1. The summed E-state index contributed by atoms with van der Waals surface area (Å²) in [6.45, 7) is 1.73. The fourth-order valence-corrected chi connectivity index (χ4v) is 2.93. The minimum absolute atomic E-state index is 0.122. The molecule has 1 atom stereocenters. The van der Waals surface area contributed by atoms with Crippen molar-refractivity contribution in [1.29, 1.82) is 0 Å². The molecular weight excluding hydrogens is 348 g/mol. The van der Waals surface area contributed by atoms with Crippen molar-refractivity contribution >= 4 is 44.0 Å². The summed E-state index contributed by atoms with van der Waals surface area (Å²) in [5.74, 6) is -0.194. The van der Waals surface area contributed by atoms with Crippen molar-refractivity contribution < 1.29 is 18.5 Å². The normalized spacial score (nSPS) is 12.4. The number of ether oxygens (including phenoxy) is 1. The van der Waals surface area contributed by atoms with E-state index in [9.17, 15) is 14.1 Å². The molecule has 1 unspecified atom stereocenters. The van der Waals surface area contributed by atoms with Crippen LogP contribution in [0, 0.1) is 0 Å². The lowest BCUT2D eigenvalue weighted by molar-refractivity contribution is 0.0601. The Bertz CT molecular complexity index is 725. The Morgan fingerprint density at radius 3 is 2.75 bits per heavy atom. The molecule has 0 spiro atoms. The largest absolute Gasteiger partial charge is 0.609 e. The van der Waals surface area contributed by atoms with Gasteiger partial charge in [-0.25, -0.2) is 4.79 Å². The van der Waals surface area contributed by atoms with Crippen LogP contribution in [-0.4, -0.2) is 23.4 Å². The van der Waals surface area contributed by atoms with Gasteiger partial charge in [0.2, 0.25) is 0 Å². The Hall–Kier alpha value is -1.31. The van der Waals surface area contributed by atoms with Crippen LogP contribution < -0.4 is 5.43 Å². The monoisotopic (exact) mass is 358 g/mol. The van der Waals surface area contributed by atoms with Crippen molar-refractivity contribution in [2.45, 2.75) is 12.0 Å². The summed E-state index contributed by atoms with van der Waals surface area (Å²) in [4.78, 5) is 23.6. The van der Waals surface area contributed by atoms with E-state index in [1.807, 2.05) is 0 Å². The molecule has 7 heteroatoms. The van der Waals surface area contributed by atoms with Crippen molar-refractivity contribution in [3.8, 4) is 0 Å². The van der Waals surface area contributed by atoms with Crippen molar-refractivity contribution in [2.75, 3.05) is 12.9 Å². The van der Waals surface area contributed by atoms with Gasteiger partial charge in [-0.15, -0.1) is 0 Å². The van der Waals surface area contributed by atoms with Crippen LogP contribution in [0.5, 0.6) is 0 Å². The molecule has 20 heavy (non-hydrogen) atoms. The summed E-state index contributed by atoms with van der Waals surface area (Å²) in [6, 6.07) is 4.08. The molecule has 0 bridgehead atoms. The Labute approximate surface area is 126 Å². The van der Waals surface area contributed by atoms with E-state index in [2.05, 4.69) is 20.7 Å². The first-order chi connectivity index (χ1) is 9.47. The number of halogens is 1. The average Bonchev–Trinajstić information content (AvgIpc) is 2.45. The third kappa shape index (κ3) is 2.74.